The van der Waals surface area contributed by atoms with Crippen molar-refractivity contribution in [2.45, 2.75) is 0 Å². The Balaban J connectivity index is 1.29. The number of anilines is 2. The molecule has 3 aromatic rings. The van der Waals surface area contributed by atoms with E-state index < -0.39 is 0 Å². The normalized spacial score (nSPS) is 14.2. The number of ether oxygens (including phenoxy) is 1. The Bertz CT molecular complexity index is 1090. The Kier molecular flexibility index (Phi) is 6.62. The van der Waals surface area contributed by atoms with E-state index in [-0.39, 0.29) is 23.1 Å². The maximum Gasteiger partial charge on any atom is 0.292 e. The number of benzene rings is 2. The number of nitrogens with zero attached hydrogens (tertiary/aromatic N) is 4. The number of nitrogens with one attached hydrogen (secondary N) is 1. The number of nitro groups is 1. The lowest BCUT2D eigenvalue weighted by Gasteiger charge is -2.35. The molecule has 10 heteroatoms. The Morgan fingerprint density at radius 2 is 1.88 bits per heavy atom. The lowest BCUT2D eigenvalue weighted by molar-refractivity contribution is -0.384. The van der Waals surface area contributed by atoms with Gasteiger partial charge in [-0.2, -0.15) is 0 Å². The molecule has 0 saturated carbocycles. The molecular weight excluding hydrogens is 430 g/mol. The SMILES string of the molecule is COc1ccc(-c2csc(NC(=O)CN3CCN(c4ccccc4[N+](=O)[O-])CC3)n2)cc1. The van der Waals surface area contributed by atoms with Crippen molar-refractivity contribution < 1.29 is 14.5 Å². The van der Waals surface area contributed by atoms with E-state index in [9.17, 15) is 14.9 Å². The van der Waals surface area contributed by atoms with Crippen LogP contribution in [0.2, 0.25) is 0 Å². The highest BCUT2D eigenvalue weighted by Gasteiger charge is 2.24. The van der Waals surface area contributed by atoms with E-state index in [4.69, 9.17) is 4.74 Å². The number of amides is 1. The van der Waals surface area contributed by atoms with Gasteiger partial charge in [0.2, 0.25) is 5.91 Å². The molecule has 4 rings (SSSR count). The predicted octanol–water partition coefficient (Wildman–Crippen LogP) is 3.49. The van der Waals surface area contributed by atoms with Crippen LogP contribution >= 0.6 is 11.3 Å². The van der Waals surface area contributed by atoms with E-state index in [1.54, 1.807) is 25.3 Å². The first kappa shape index (κ1) is 21.7. The van der Waals surface area contributed by atoms with Crippen LogP contribution in [0.1, 0.15) is 0 Å². The molecule has 0 atom stereocenters. The minimum Gasteiger partial charge on any atom is -0.497 e. The molecule has 0 aliphatic carbocycles. The standard InChI is InChI=1S/C22H23N5O4S/c1-31-17-8-6-16(7-9-17)18-15-32-22(23-18)24-21(28)14-25-10-12-26(13-11-25)19-4-2-3-5-20(19)27(29)30/h2-9,15H,10-14H2,1H3,(H,23,24,28). The fourth-order valence-corrected chi connectivity index (χ4v) is 4.36. The third-order valence-electron chi connectivity index (χ3n) is 5.29. The molecule has 32 heavy (non-hydrogen) atoms. The summed E-state index contributed by atoms with van der Waals surface area (Å²) in [7, 11) is 1.62. The number of hydrogen-bond donors (Lipinski definition) is 1. The molecule has 1 aliphatic rings. The van der Waals surface area contributed by atoms with Crippen molar-refractivity contribution in [3.63, 3.8) is 0 Å². The molecule has 1 fully saturated rings. The highest BCUT2D eigenvalue weighted by Crippen LogP contribution is 2.29. The van der Waals surface area contributed by atoms with Gasteiger partial charge in [-0.3, -0.25) is 19.8 Å². The van der Waals surface area contributed by atoms with E-state index in [1.165, 1.54) is 17.4 Å². The van der Waals surface area contributed by atoms with Crippen LogP contribution in [-0.2, 0) is 4.79 Å². The molecule has 1 aliphatic heterocycles. The van der Waals surface area contributed by atoms with E-state index in [1.807, 2.05) is 39.4 Å². The minimum absolute atomic E-state index is 0.107. The van der Waals surface area contributed by atoms with Crippen molar-refractivity contribution >= 4 is 33.8 Å². The van der Waals surface area contributed by atoms with Crippen LogP contribution in [0.5, 0.6) is 5.75 Å². The monoisotopic (exact) mass is 453 g/mol. The average molecular weight is 454 g/mol. The molecule has 0 spiro atoms. The largest absolute Gasteiger partial charge is 0.497 e. The molecule has 0 radical (unpaired) electrons. The quantitative estimate of drug-likeness (QED) is 0.432. The number of aromatic nitrogens is 1. The number of rotatable bonds is 7. The number of nitro benzene ring substituents is 1. The van der Waals surface area contributed by atoms with Crippen LogP contribution in [-0.4, -0.2) is 60.5 Å². The number of methoxy groups -OCH3 is 1. The first-order valence-corrected chi connectivity index (χ1v) is 11.0. The first-order valence-electron chi connectivity index (χ1n) is 10.1. The first-order chi connectivity index (χ1) is 15.5. The van der Waals surface area contributed by atoms with E-state index in [2.05, 4.69) is 10.3 Å². The Morgan fingerprint density at radius 3 is 2.56 bits per heavy atom. The second-order valence-corrected chi connectivity index (χ2v) is 8.18. The van der Waals surface area contributed by atoms with Crippen molar-refractivity contribution in [1.29, 1.82) is 0 Å². The maximum atomic E-state index is 12.5. The minimum atomic E-state index is -0.358. The number of carbonyl (C=O) groups excluding carboxylic acids is 1. The fourth-order valence-electron chi connectivity index (χ4n) is 3.62. The topological polar surface area (TPSA) is 101 Å². The van der Waals surface area contributed by atoms with Crippen molar-refractivity contribution in [3.8, 4) is 17.0 Å². The molecule has 1 amide bonds. The summed E-state index contributed by atoms with van der Waals surface area (Å²) in [5.41, 5.74) is 2.48. The van der Waals surface area contributed by atoms with Crippen molar-refractivity contribution in [2.24, 2.45) is 0 Å². The smallest absolute Gasteiger partial charge is 0.292 e. The van der Waals surface area contributed by atoms with Gasteiger partial charge in [0.15, 0.2) is 5.13 Å². The molecule has 0 bridgehead atoms. The van der Waals surface area contributed by atoms with Crippen molar-refractivity contribution in [2.75, 3.05) is 50.1 Å². The summed E-state index contributed by atoms with van der Waals surface area (Å²) in [6.07, 6.45) is 0. The zero-order valence-electron chi connectivity index (χ0n) is 17.6. The Labute approximate surface area is 189 Å². The van der Waals surface area contributed by atoms with Crippen LogP contribution in [0.15, 0.2) is 53.9 Å². The van der Waals surface area contributed by atoms with Crippen LogP contribution < -0.4 is 15.0 Å². The number of piperazine rings is 1. The van der Waals surface area contributed by atoms with Crippen LogP contribution in [0.25, 0.3) is 11.3 Å². The van der Waals surface area contributed by atoms with Crippen molar-refractivity contribution in [1.82, 2.24) is 9.88 Å². The summed E-state index contributed by atoms with van der Waals surface area (Å²) in [6.45, 7) is 2.79. The van der Waals surface area contributed by atoms with E-state index in [0.717, 1.165) is 17.0 Å². The van der Waals surface area contributed by atoms with Gasteiger partial charge in [0.05, 0.1) is 24.3 Å². The summed E-state index contributed by atoms with van der Waals surface area (Å²) in [6, 6.07) is 14.4. The highest BCUT2D eigenvalue weighted by molar-refractivity contribution is 7.14. The summed E-state index contributed by atoms with van der Waals surface area (Å²) >= 11 is 1.38. The Morgan fingerprint density at radius 1 is 1.16 bits per heavy atom. The van der Waals surface area contributed by atoms with Gasteiger partial charge >= 0.3 is 0 Å². The van der Waals surface area contributed by atoms with Crippen LogP contribution in [0.3, 0.4) is 0 Å². The molecule has 2 heterocycles. The van der Waals surface area contributed by atoms with Crippen LogP contribution in [0.4, 0.5) is 16.5 Å². The number of thiazole rings is 1. The molecular formula is C22H23N5O4S. The molecule has 0 unspecified atom stereocenters. The van der Waals surface area contributed by atoms with Gasteiger partial charge in [0.1, 0.15) is 11.4 Å². The lowest BCUT2D eigenvalue weighted by Crippen LogP contribution is -2.48. The fraction of sp³-hybridized carbons (Fsp3) is 0.273. The third kappa shape index (κ3) is 5.04. The zero-order chi connectivity index (χ0) is 22.5. The van der Waals surface area contributed by atoms with Gasteiger partial charge in [0, 0.05) is 43.2 Å². The van der Waals surface area contributed by atoms with Crippen molar-refractivity contribution in [3.05, 3.63) is 64.0 Å². The third-order valence-corrected chi connectivity index (χ3v) is 6.05. The van der Waals surface area contributed by atoms with Gasteiger partial charge < -0.3 is 15.0 Å². The summed E-state index contributed by atoms with van der Waals surface area (Å²) in [5, 5.41) is 16.6. The summed E-state index contributed by atoms with van der Waals surface area (Å²) in [4.78, 5) is 32.0. The van der Waals surface area contributed by atoms with Gasteiger partial charge in [-0.05, 0) is 30.3 Å². The second-order valence-electron chi connectivity index (χ2n) is 7.32. The summed E-state index contributed by atoms with van der Waals surface area (Å²) in [5.74, 6) is 0.652. The molecule has 1 N–H and O–H groups in total. The van der Waals surface area contributed by atoms with Gasteiger partial charge in [-0.1, -0.05) is 12.1 Å². The highest BCUT2D eigenvalue weighted by atomic mass is 32.1. The summed E-state index contributed by atoms with van der Waals surface area (Å²) < 4.78 is 5.17. The van der Waals surface area contributed by atoms with Gasteiger partial charge in [0.25, 0.3) is 5.69 Å². The van der Waals surface area contributed by atoms with E-state index in [0.29, 0.717) is 37.0 Å². The average Bonchev–Trinajstić information content (AvgIpc) is 3.28. The number of hydrogen-bond acceptors (Lipinski definition) is 8. The molecule has 166 valence electrons. The lowest BCUT2D eigenvalue weighted by atomic mass is 10.2. The number of carbonyl (C=O) groups is 1. The van der Waals surface area contributed by atoms with Crippen LogP contribution in [0, 0.1) is 10.1 Å². The molecule has 1 saturated heterocycles. The van der Waals surface area contributed by atoms with Gasteiger partial charge in [-0.15, -0.1) is 11.3 Å². The maximum absolute atomic E-state index is 12.5. The zero-order valence-corrected chi connectivity index (χ0v) is 18.4. The second kappa shape index (κ2) is 9.75. The van der Waals surface area contributed by atoms with Gasteiger partial charge in [-0.25, -0.2) is 4.98 Å². The molecule has 9 nitrogen and oxygen atoms in total. The molecule has 2 aromatic carbocycles. The molecule has 1 aromatic heterocycles. The van der Waals surface area contributed by atoms with E-state index >= 15 is 0 Å². The Hall–Kier alpha value is -3.50. The number of para-hydroxylation sites is 2. The predicted molar refractivity (Wildman–Crippen MR) is 124 cm³/mol.